The maximum absolute atomic E-state index is 6.23. The fraction of sp³-hybridized carbons (Fsp3) is 0.409. The molecule has 7 heteroatoms. The van der Waals surface area contributed by atoms with Gasteiger partial charge < -0.3 is 4.74 Å². The molecule has 4 heterocycles. The lowest BCUT2D eigenvalue weighted by molar-refractivity contribution is 0.140. The van der Waals surface area contributed by atoms with Gasteiger partial charge in [-0.25, -0.2) is 4.98 Å². The Morgan fingerprint density at radius 2 is 2.00 bits per heavy atom. The summed E-state index contributed by atoms with van der Waals surface area (Å²) >= 11 is 6.23. The average Bonchev–Trinajstić information content (AvgIpc) is 3.06. The Morgan fingerprint density at radius 1 is 1.14 bits per heavy atom. The molecule has 0 radical (unpaired) electrons. The van der Waals surface area contributed by atoms with Crippen LogP contribution in [0.15, 0.2) is 36.7 Å². The zero-order valence-electron chi connectivity index (χ0n) is 16.4. The molecule has 0 aromatic carbocycles. The lowest BCUT2D eigenvalue weighted by Crippen LogP contribution is -2.24. The summed E-state index contributed by atoms with van der Waals surface area (Å²) in [6.45, 7) is 1.66. The minimum Gasteiger partial charge on any atom is -0.474 e. The van der Waals surface area contributed by atoms with Crippen molar-refractivity contribution in [2.45, 2.75) is 50.8 Å². The number of rotatable bonds is 3. The molecule has 1 aliphatic heterocycles. The molecular weight excluding hydrogens is 386 g/mol. The predicted molar refractivity (Wildman–Crippen MR) is 112 cm³/mol. The van der Waals surface area contributed by atoms with Crippen molar-refractivity contribution in [2.75, 3.05) is 7.05 Å². The van der Waals surface area contributed by atoms with Gasteiger partial charge in [0.1, 0.15) is 6.10 Å². The van der Waals surface area contributed by atoms with Gasteiger partial charge in [0.2, 0.25) is 5.88 Å². The summed E-state index contributed by atoms with van der Waals surface area (Å²) in [6.07, 6.45) is 7.83. The topological polar surface area (TPSA) is 66.9 Å². The van der Waals surface area contributed by atoms with Crippen LogP contribution in [0.25, 0.3) is 11.3 Å². The van der Waals surface area contributed by atoms with Crippen LogP contribution in [0.5, 0.6) is 5.88 Å². The van der Waals surface area contributed by atoms with Crippen LogP contribution in [-0.2, 0) is 13.1 Å². The van der Waals surface area contributed by atoms with Gasteiger partial charge in [0.25, 0.3) is 0 Å². The molecule has 0 spiro atoms. The van der Waals surface area contributed by atoms with Crippen LogP contribution in [0.3, 0.4) is 0 Å². The number of nitrogens with one attached hydrogen (secondary N) is 1. The number of hydrogen-bond acceptors (Lipinski definition) is 5. The third kappa shape index (κ3) is 3.74. The molecule has 1 fully saturated rings. The first-order valence-electron chi connectivity index (χ1n) is 10.2. The fourth-order valence-corrected chi connectivity index (χ4v) is 4.73. The Hall–Kier alpha value is -2.44. The van der Waals surface area contributed by atoms with Gasteiger partial charge in [0, 0.05) is 43.0 Å². The van der Waals surface area contributed by atoms with E-state index in [0.717, 1.165) is 61.4 Å². The van der Waals surface area contributed by atoms with E-state index in [1.165, 1.54) is 5.56 Å². The van der Waals surface area contributed by atoms with Crippen LogP contribution in [-0.4, -0.2) is 38.2 Å². The summed E-state index contributed by atoms with van der Waals surface area (Å²) in [5.74, 6) is 1.12. The van der Waals surface area contributed by atoms with Crippen molar-refractivity contribution in [1.29, 1.82) is 0 Å². The highest BCUT2D eigenvalue weighted by Crippen LogP contribution is 2.41. The zero-order valence-corrected chi connectivity index (χ0v) is 17.2. The van der Waals surface area contributed by atoms with Crippen LogP contribution in [0.4, 0.5) is 0 Å². The fourth-order valence-electron chi connectivity index (χ4n) is 4.55. The highest BCUT2D eigenvalue weighted by Gasteiger charge is 2.31. The number of fused-ring (bicyclic) bond motifs is 3. The van der Waals surface area contributed by atoms with Crippen LogP contribution < -0.4 is 4.74 Å². The van der Waals surface area contributed by atoms with E-state index in [4.69, 9.17) is 26.4 Å². The Labute approximate surface area is 175 Å². The second-order valence-corrected chi connectivity index (χ2v) is 8.49. The van der Waals surface area contributed by atoms with E-state index in [1.54, 1.807) is 12.4 Å². The molecule has 0 bridgehead atoms. The lowest BCUT2D eigenvalue weighted by atomic mass is 9.83. The molecule has 0 amide bonds. The summed E-state index contributed by atoms with van der Waals surface area (Å²) in [5, 5.41) is 8.72. The molecular formula is C22H24ClN5O. The molecule has 3 aromatic rings. The number of aromatic nitrogens is 4. The van der Waals surface area contributed by atoms with E-state index < -0.39 is 0 Å². The summed E-state index contributed by atoms with van der Waals surface area (Å²) < 4.78 is 6.06. The number of aromatic amines is 1. The van der Waals surface area contributed by atoms with Gasteiger partial charge in [0.15, 0.2) is 0 Å². The maximum Gasteiger partial charge on any atom is 0.213 e. The predicted octanol–water partition coefficient (Wildman–Crippen LogP) is 4.57. The van der Waals surface area contributed by atoms with Crippen LogP contribution in [0.1, 0.15) is 48.6 Å². The smallest absolute Gasteiger partial charge is 0.213 e. The number of hydrogen-bond donors (Lipinski definition) is 1. The summed E-state index contributed by atoms with van der Waals surface area (Å²) in [6, 6.07) is 7.82. The van der Waals surface area contributed by atoms with Gasteiger partial charge in [-0.15, -0.1) is 0 Å². The van der Waals surface area contributed by atoms with Crippen molar-refractivity contribution in [3.8, 4) is 17.1 Å². The molecule has 150 valence electrons. The Kier molecular flexibility index (Phi) is 4.97. The Bertz CT molecular complexity index is 998. The van der Waals surface area contributed by atoms with Gasteiger partial charge in [-0.1, -0.05) is 17.7 Å². The zero-order chi connectivity index (χ0) is 19.8. The minimum atomic E-state index is 0.217. The maximum atomic E-state index is 6.23. The summed E-state index contributed by atoms with van der Waals surface area (Å²) in [4.78, 5) is 11.3. The van der Waals surface area contributed by atoms with E-state index in [2.05, 4.69) is 22.0 Å². The molecule has 1 aliphatic carbocycles. The largest absolute Gasteiger partial charge is 0.474 e. The second kappa shape index (κ2) is 7.76. The van der Waals surface area contributed by atoms with E-state index in [0.29, 0.717) is 16.8 Å². The van der Waals surface area contributed by atoms with E-state index in [-0.39, 0.29) is 6.10 Å². The SMILES string of the molecule is CN1Cc2cc(Cl)cnc2-c2c(C3CCC(Oc4ccccn4)CC3)n[nH]c2C1. The standard InChI is InChI=1S/C22H24ClN5O/c1-28-12-15-10-16(23)11-25-21(15)20-18(13-28)26-27-22(20)14-5-7-17(8-6-14)29-19-4-2-3-9-24-19/h2-4,9-11,14,17H,5-8,12-13H2,1H3,(H,26,27). The van der Waals surface area contributed by atoms with Gasteiger partial charge in [-0.2, -0.15) is 5.10 Å². The van der Waals surface area contributed by atoms with E-state index in [9.17, 15) is 0 Å². The van der Waals surface area contributed by atoms with Crippen molar-refractivity contribution in [3.63, 3.8) is 0 Å². The molecule has 5 rings (SSSR count). The number of pyridine rings is 2. The van der Waals surface area contributed by atoms with Crippen LogP contribution >= 0.6 is 11.6 Å². The molecule has 2 aliphatic rings. The third-order valence-electron chi connectivity index (χ3n) is 5.89. The minimum absolute atomic E-state index is 0.217. The first kappa shape index (κ1) is 18.6. The van der Waals surface area contributed by atoms with Crippen molar-refractivity contribution in [2.24, 2.45) is 0 Å². The normalized spacial score (nSPS) is 21.9. The van der Waals surface area contributed by atoms with Crippen molar-refractivity contribution in [3.05, 3.63) is 58.6 Å². The molecule has 0 unspecified atom stereocenters. The first-order chi connectivity index (χ1) is 14.2. The van der Waals surface area contributed by atoms with Crippen LogP contribution in [0.2, 0.25) is 5.02 Å². The highest BCUT2D eigenvalue weighted by atomic mass is 35.5. The quantitative estimate of drug-likeness (QED) is 0.686. The molecule has 0 saturated heterocycles. The molecule has 0 atom stereocenters. The number of ether oxygens (including phenoxy) is 1. The van der Waals surface area contributed by atoms with E-state index >= 15 is 0 Å². The highest BCUT2D eigenvalue weighted by molar-refractivity contribution is 6.30. The van der Waals surface area contributed by atoms with E-state index in [1.807, 2.05) is 24.3 Å². The monoisotopic (exact) mass is 409 g/mol. The third-order valence-corrected chi connectivity index (χ3v) is 6.10. The van der Waals surface area contributed by atoms with Gasteiger partial charge in [0.05, 0.1) is 22.1 Å². The Morgan fingerprint density at radius 3 is 2.79 bits per heavy atom. The van der Waals surface area contributed by atoms with Crippen molar-refractivity contribution in [1.82, 2.24) is 25.1 Å². The van der Waals surface area contributed by atoms with Gasteiger partial charge in [-0.3, -0.25) is 15.0 Å². The molecule has 1 saturated carbocycles. The average molecular weight is 410 g/mol. The van der Waals surface area contributed by atoms with Gasteiger partial charge in [-0.05, 0) is 50.4 Å². The molecule has 6 nitrogen and oxygen atoms in total. The molecule has 1 N–H and O–H groups in total. The first-order valence-corrected chi connectivity index (χ1v) is 10.5. The molecule has 3 aromatic heterocycles. The van der Waals surface area contributed by atoms with Crippen molar-refractivity contribution < 1.29 is 4.74 Å². The number of nitrogens with zero attached hydrogens (tertiary/aromatic N) is 4. The second-order valence-electron chi connectivity index (χ2n) is 8.06. The Balaban J connectivity index is 1.38. The summed E-state index contributed by atoms with van der Waals surface area (Å²) in [7, 11) is 2.11. The molecule has 29 heavy (non-hydrogen) atoms. The van der Waals surface area contributed by atoms with Crippen molar-refractivity contribution >= 4 is 11.6 Å². The summed E-state index contributed by atoms with van der Waals surface area (Å²) in [5.41, 5.74) is 5.64. The number of halogens is 1. The number of H-pyrrole nitrogens is 1. The van der Waals surface area contributed by atoms with Gasteiger partial charge >= 0.3 is 0 Å². The lowest BCUT2D eigenvalue weighted by Gasteiger charge is -2.28. The van der Waals surface area contributed by atoms with Crippen LogP contribution in [0, 0.1) is 0 Å².